The average Bonchev–Trinajstić information content (AvgIpc) is 3.05. The first-order valence-corrected chi connectivity index (χ1v) is 8.66. The molecule has 0 saturated carbocycles. The van der Waals surface area contributed by atoms with Gasteiger partial charge < -0.3 is 10.2 Å². The number of amides is 1. The van der Waals surface area contributed by atoms with E-state index in [1.807, 2.05) is 12.1 Å². The van der Waals surface area contributed by atoms with E-state index in [9.17, 15) is 4.79 Å². The average molecular weight is 347 g/mol. The Morgan fingerprint density at radius 3 is 2.58 bits per heavy atom. The van der Waals surface area contributed by atoms with Crippen LogP contribution in [-0.2, 0) is 11.2 Å². The Morgan fingerprint density at radius 2 is 1.92 bits per heavy atom. The summed E-state index contributed by atoms with van der Waals surface area (Å²) in [6.45, 7) is 6.06. The number of fused-ring (bicyclic) bond motifs is 1. The topological polar surface area (TPSA) is 84.8 Å². The molecule has 1 aromatic heterocycles. The number of hydrogen-bond acceptors (Lipinski definition) is 4. The van der Waals surface area contributed by atoms with E-state index in [2.05, 4.69) is 46.4 Å². The third-order valence-corrected chi connectivity index (χ3v) is 4.38. The third kappa shape index (κ3) is 3.67. The maximum Gasteiger partial charge on any atom is 0.230 e. The van der Waals surface area contributed by atoms with E-state index in [-0.39, 0.29) is 12.3 Å². The molecular formula is C20H21N5O. The molecule has 6 nitrogen and oxygen atoms in total. The van der Waals surface area contributed by atoms with Gasteiger partial charge in [-0.1, -0.05) is 12.1 Å². The molecule has 0 bridgehead atoms. The predicted molar refractivity (Wildman–Crippen MR) is 103 cm³/mol. The molecule has 132 valence electrons. The van der Waals surface area contributed by atoms with Gasteiger partial charge in [0.1, 0.15) is 0 Å². The van der Waals surface area contributed by atoms with Crippen LogP contribution in [0.3, 0.4) is 0 Å². The molecule has 1 amide bonds. The minimum Gasteiger partial charge on any atom is -0.372 e. The van der Waals surface area contributed by atoms with Crippen LogP contribution in [0.4, 0.5) is 11.5 Å². The van der Waals surface area contributed by atoms with Crippen LogP contribution in [0.25, 0.3) is 10.9 Å². The van der Waals surface area contributed by atoms with Crippen molar-refractivity contribution in [2.24, 2.45) is 0 Å². The molecule has 26 heavy (non-hydrogen) atoms. The molecule has 0 radical (unpaired) electrons. The van der Waals surface area contributed by atoms with E-state index < -0.39 is 0 Å². The van der Waals surface area contributed by atoms with Gasteiger partial charge >= 0.3 is 0 Å². The first-order valence-electron chi connectivity index (χ1n) is 8.66. The fourth-order valence-electron chi connectivity index (χ4n) is 2.94. The number of nitrogens with one attached hydrogen (secondary N) is 2. The van der Waals surface area contributed by atoms with Gasteiger partial charge in [-0.2, -0.15) is 10.4 Å². The Morgan fingerprint density at radius 1 is 1.19 bits per heavy atom. The second-order valence-electron chi connectivity index (χ2n) is 6.01. The van der Waals surface area contributed by atoms with Gasteiger partial charge in [0.25, 0.3) is 0 Å². The normalized spacial score (nSPS) is 10.5. The monoisotopic (exact) mass is 347 g/mol. The summed E-state index contributed by atoms with van der Waals surface area (Å²) in [5.41, 5.74) is 3.42. The molecule has 0 atom stereocenters. The van der Waals surface area contributed by atoms with Crippen molar-refractivity contribution in [1.82, 2.24) is 10.2 Å². The van der Waals surface area contributed by atoms with E-state index in [4.69, 9.17) is 5.26 Å². The van der Waals surface area contributed by atoms with Crippen molar-refractivity contribution in [3.63, 3.8) is 0 Å². The molecule has 1 heterocycles. The zero-order chi connectivity index (χ0) is 18.5. The number of nitrogens with zero attached hydrogens (tertiary/aromatic N) is 3. The summed E-state index contributed by atoms with van der Waals surface area (Å²) in [7, 11) is 0. The molecule has 0 unspecified atom stereocenters. The molecule has 3 rings (SSSR count). The number of benzene rings is 2. The number of rotatable bonds is 6. The summed E-state index contributed by atoms with van der Waals surface area (Å²) in [6.07, 6.45) is 0.232. The zero-order valence-corrected chi connectivity index (χ0v) is 14.9. The molecule has 0 aliphatic heterocycles. The van der Waals surface area contributed by atoms with Gasteiger partial charge in [-0.05, 0) is 49.7 Å². The number of carbonyl (C=O) groups is 1. The lowest BCUT2D eigenvalue weighted by atomic mass is 10.1. The second-order valence-corrected chi connectivity index (χ2v) is 6.01. The highest BCUT2D eigenvalue weighted by atomic mass is 16.1. The summed E-state index contributed by atoms with van der Waals surface area (Å²) < 4.78 is 0. The van der Waals surface area contributed by atoms with Crippen molar-refractivity contribution in [2.45, 2.75) is 20.3 Å². The molecule has 0 fully saturated rings. The number of aromatic amines is 1. The van der Waals surface area contributed by atoms with Crippen molar-refractivity contribution in [2.75, 3.05) is 23.3 Å². The van der Waals surface area contributed by atoms with Gasteiger partial charge in [0, 0.05) is 24.2 Å². The van der Waals surface area contributed by atoms with E-state index >= 15 is 0 Å². The van der Waals surface area contributed by atoms with Gasteiger partial charge in [0.15, 0.2) is 5.82 Å². The Balaban J connectivity index is 1.78. The van der Waals surface area contributed by atoms with E-state index in [0.29, 0.717) is 11.4 Å². The van der Waals surface area contributed by atoms with Crippen LogP contribution < -0.4 is 10.2 Å². The van der Waals surface area contributed by atoms with Gasteiger partial charge in [0.05, 0.1) is 23.6 Å². The van der Waals surface area contributed by atoms with Crippen LogP contribution in [-0.4, -0.2) is 29.2 Å². The lowest BCUT2D eigenvalue weighted by Gasteiger charge is -2.20. The summed E-state index contributed by atoms with van der Waals surface area (Å²) in [4.78, 5) is 14.6. The number of aromatic nitrogens is 2. The maximum atomic E-state index is 12.4. The van der Waals surface area contributed by atoms with Crippen molar-refractivity contribution < 1.29 is 4.79 Å². The van der Waals surface area contributed by atoms with E-state index in [0.717, 1.165) is 35.2 Å². The standard InChI is InChI=1S/C20H21N5O/c1-3-25(4-2)16-9-10-18-17(12-16)20(24-23-18)22-19(26)11-14-5-7-15(13-21)8-6-14/h5-10,12H,3-4,11H2,1-2H3,(H2,22,23,24,26). The van der Waals surface area contributed by atoms with Crippen molar-refractivity contribution in [3.8, 4) is 6.07 Å². The smallest absolute Gasteiger partial charge is 0.230 e. The lowest BCUT2D eigenvalue weighted by molar-refractivity contribution is -0.115. The van der Waals surface area contributed by atoms with Crippen LogP contribution in [0.2, 0.25) is 0 Å². The molecule has 0 aliphatic carbocycles. The van der Waals surface area contributed by atoms with Gasteiger partial charge in [-0.25, -0.2) is 0 Å². The first-order chi connectivity index (χ1) is 12.6. The molecule has 0 spiro atoms. The number of nitriles is 1. The maximum absolute atomic E-state index is 12.4. The molecule has 3 aromatic rings. The second kappa shape index (κ2) is 7.70. The number of carbonyl (C=O) groups excluding carboxylic acids is 1. The van der Waals surface area contributed by atoms with E-state index in [1.165, 1.54) is 0 Å². The Hall–Kier alpha value is -3.33. The van der Waals surface area contributed by atoms with Crippen LogP contribution >= 0.6 is 0 Å². The lowest BCUT2D eigenvalue weighted by Crippen LogP contribution is -2.21. The minimum atomic E-state index is -0.142. The molecule has 2 N–H and O–H groups in total. The Bertz CT molecular complexity index is 948. The quantitative estimate of drug-likeness (QED) is 0.715. The SMILES string of the molecule is CCN(CC)c1ccc2[nH]nc(NC(=O)Cc3ccc(C#N)cc3)c2c1. The molecule has 0 saturated heterocycles. The predicted octanol–water partition coefficient (Wildman–Crippen LogP) is 3.46. The van der Waals surface area contributed by atoms with Crippen LogP contribution in [0.1, 0.15) is 25.0 Å². The highest BCUT2D eigenvalue weighted by molar-refractivity contribution is 6.01. The number of anilines is 2. The molecular weight excluding hydrogens is 326 g/mol. The van der Waals surface area contributed by atoms with Crippen LogP contribution in [0.5, 0.6) is 0 Å². The van der Waals surface area contributed by atoms with Gasteiger partial charge in [-0.3, -0.25) is 9.89 Å². The van der Waals surface area contributed by atoms with Gasteiger partial charge in [0.2, 0.25) is 5.91 Å². The highest BCUT2D eigenvalue weighted by Crippen LogP contribution is 2.26. The minimum absolute atomic E-state index is 0.142. The summed E-state index contributed by atoms with van der Waals surface area (Å²) in [5.74, 6) is 0.393. The molecule has 0 aliphatic rings. The summed E-state index contributed by atoms with van der Waals surface area (Å²) >= 11 is 0. The highest BCUT2D eigenvalue weighted by Gasteiger charge is 2.12. The molecule has 6 heteroatoms. The Labute approximate surface area is 152 Å². The van der Waals surface area contributed by atoms with Crippen LogP contribution in [0.15, 0.2) is 42.5 Å². The van der Waals surface area contributed by atoms with E-state index in [1.54, 1.807) is 24.3 Å². The largest absolute Gasteiger partial charge is 0.372 e. The fourth-order valence-corrected chi connectivity index (χ4v) is 2.94. The number of hydrogen-bond donors (Lipinski definition) is 2. The zero-order valence-electron chi connectivity index (χ0n) is 14.9. The Kier molecular flexibility index (Phi) is 5.18. The van der Waals surface area contributed by atoms with Crippen LogP contribution in [0, 0.1) is 11.3 Å². The molecule has 2 aromatic carbocycles. The van der Waals surface area contributed by atoms with Crippen molar-refractivity contribution >= 4 is 28.3 Å². The fraction of sp³-hybridized carbons (Fsp3) is 0.250. The summed E-state index contributed by atoms with van der Waals surface area (Å²) in [5, 5.41) is 19.8. The van der Waals surface area contributed by atoms with Crippen molar-refractivity contribution in [1.29, 1.82) is 5.26 Å². The number of H-pyrrole nitrogens is 1. The third-order valence-electron chi connectivity index (χ3n) is 4.38. The first kappa shape index (κ1) is 17.5. The van der Waals surface area contributed by atoms with Crippen molar-refractivity contribution in [3.05, 3.63) is 53.6 Å². The summed E-state index contributed by atoms with van der Waals surface area (Å²) in [6, 6.07) is 15.1. The van der Waals surface area contributed by atoms with Gasteiger partial charge in [-0.15, -0.1) is 0 Å².